The molecule has 0 saturated carbocycles. The average Bonchev–Trinajstić information content (AvgIpc) is 3.85. The second-order valence-corrected chi connectivity index (χ2v) is 20.1. The molecule has 326 valence electrons. The smallest absolute Gasteiger partial charge is 0.0622 e. The first-order valence-corrected chi connectivity index (χ1v) is 24.2. The highest BCUT2D eigenvalue weighted by atomic mass is 14.5. The number of rotatable bonds is 7. The summed E-state index contributed by atoms with van der Waals surface area (Å²) < 4.78 is 0. The zero-order valence-electron chi connectivity index (χ0n) is 39.5. The highest BCUT2D eigenvalue weighted by Crippen LogP contribution is 2.61. The van der Waals surface area contributed by atoms with Crippen LogP contribution in [0.4, 0.5) is 0 Å². The molecule has 0 radical (unpaired) electrons. The number of hydrogen-bond donors (Lipinski definition) is 0. The predicted octanol–water partition coefficient (Wildman–Crippen LogP) is 17.3. The maximum Gasteiger partial charge on any atom is 0.0714 e. The fourth-order valence-corrected chi connectivity index (χ4v) is 11.9. The summed E-state index contributed by atoms with van der Waals surface area (Å²) in [5.41, 5.74) is 25.5. The molecular formula is C68H54. The quantitative estimate of drug-likeness (QED) is 0.150. The molecule has 0 amide bonds. The zero-order chi connectivity index (χ0) is 46.2. The molecule has 0 saturated heterocycles. The molecule has 0 spiro atoms. The lowest BCUT2D eigenvalue weighted by atomic mass is 9.66. The van der Waals surface area contributed by atoms with E-state index in [1.165, 1.54) is 117 Å². The molecule has 10 aromatic rings. The van der Waals surface area contributed by atoms with Crippen molar-refractivity contribution >= 4 is 0 Å². The van der Waals surface area contributed by atoms with Crippen LogP contribution in [0.2, 0.25) is 0 Å². The Hall–Kier alpha value is -7.80. The summed E-state index contributed by atoms with van der Waals surface area (Å²) in [6.45, 7) is 11.3. The van der Waals surface area contributed by atoms with Gasteiger partial charge in [0.1, 0.15) is 0 Å². The monoisotopic (exact) mass is 870 g/mol. The van der Waals surface area contributed by atoms with E-state index in [0.717, 1.165) is 0 Å². The van der Waals surface area contributed by atoms with Crippen LogP contribution in [0, 0.1) is 13.8 Å². The summed E-state index contributed by atoms with van der Waals surface area (Å²) in [4.78, 5) is 0. The maximum atomic E-state index is 2.56. The van der Waals surface area contributed by atoms with Gasteiger partial charge in [-0.05, 0) is 143 Å². The molecule has 1 unspecified atom stereocenters. The summed E-state index contributed by atoms with van der Waals surface area (Å²) >= 11 is 0. The van der Waals surface area contributed by atoms with E-state index < -0.39 is 10.8 Å². The molecule has 0 aliphatic heterocycles. The van der Waals surface area contributed by atoms with E-state index in [-0.39, 0.29) is 5.41 Å². The van der Waals surface area contributed by atoms with Crippen molar-refractivity contribution in [2.45, 2.75) is 50.9 Å². The van der Waals surface area contributed by atoms with Gasteiger partial charge in [0.05, 0.1) is 10.8 Å². The van der Waals surface area contributed by atoms with Crippen LogP contribution in [-0.4, -0.2) is 0 Å². The van der Waals surface area contributed by atoms with Crippen LogP contribution in [0.25, 0.3) is 55.6 Å². The molecule has 2 aliphatic carbocycles. The SMILES string of the molecule is Cc1ccc(-c2cc3c(cc2-c2cccc(C4(c5ccccc5)c5ccccc5-c5c(-c6ccc(C)cc6)cccc54)c2)-c2ccc(C(C)(C)C)cc2C3(c2ccccc2)c2ccccc2)cc1. The van der Waals surface area contributed by atoms with Crippen LogP contribution in [-0.2, 0) is 16.2 Å². The molecule has 0 bridgehead atoms. The maximum absolute atomic E-state index is 2.56. The van der Waals surface area contributed by atoms with Gasteiger partial charge in [-0.2, -0.15) is 0 Å². The van der Waals surface area contributed by atoms with Gasteiger partial charge in [0.2, 0.25) is 0 Å². The summed E-state index contributed by atoms with van der Waals surface area (Å²) in [5.74, 6) is 0. The summed E-state index contributed by atoms with van der Waals surface area (Å²) in [6, 6.07) is 89.9. The third kappa shape index (κ3) is 6.28. The second-order valence-electron chi connectivity index (χ2n) is 20.1. The molecule has 0 fully saturated rings. The minimum atomic E-state index is -0.573. The van der Waals surface area contributed by atoms with Gasteiger partial charge in [-0.1, -0.05) is 250 Å². The van der Waals surface area contributed by atoms with E-state index in [4.69, 9.17) is 0 Å². The Morgan fingerprint density at radius 2 is 0.750 bits per heavy atom. The van der Waals surface area contributed by atoms with Crippen molar-refractivity contribution in [1.29, 1.82) is 0 Å². The van der Waals surface area contributed by atoms with E-state index >= 15 is 0 Å². The summed E-state index contributed by atoms with van der Waals surface area (Å²) in [7, 11) is 0. The Morgan fingerprint density at radius 3 is 1.35 bits per heavy atom. The van der Waals surface area contributed by atoms with E-state index in [0.29, 0.717) is 0 Å². The van der Waals surface area contributed by atoms with Crippen molar-refractivity contribution in [2.75, 3.05) is 0 Å². The molecule has 68 heavy (non-hydrogen) atoms. The third-order valence-corrected chi connectivity index (χ3v) is 15.2. The largest absolute Gasteiger partial charge is 0.0714 e. The Bertz CT molecular complexity index is 3480. The van der Waals surface area contributed by atoms with Crippen LogP contribution in [0.15, 0.2) is 237 Å². The van der Waals surface area contributed by atoms with Crippen molar-refractivity contribution in [1.82, 2.24) is 0 Å². The minimum absolute atomic E-state index is 0.0331. The molecule has 1 atom stereocenters. The standard InChI is InChI=1S/C68H54/c1-45-31-35-47(36-32-45)55-28-18-30-62-65(55)57-27-15-16-29-61(57)68(62,52-24-13-8-14-25-52)54-26-17-19-49(41-54)58-43-60-56-40-39-53(66(3,4)5)42-63(56)67(50-20-9-6-10-21-50,51-22-11-7-12-23-51)64(60)44-59(58)48-37-33-46(2)34-38-48/h6-44H,1-5H3. The van der Waals surface area contributed by atoms with Crippen molar-refractivity contribution in [3.05, 3.63) is 298 Å². The second kappa shape index (κ2) is 15.9. The predicted molar refractivity (Wildman–Crippen MR) is 286 cm³/mol. The number of benzene rings is 10. The number of hydrogen-bond acceptors (Lipinski definition) is 0. The lowest BCUT2D eigenvalue weighted by molar-refractivity contribution is 0.588. The molecule has 10 aromatic carbocycles. The van der Waals surface area contributed by atoms with Crippen LogP contribution in [0.3, 0.4) is 0 Å². The van der Waals surface area contributed by atoms with Crippen LogP contribution < -0.4 is 0 Å². The van der Waals surface area contributed by atoms with E-state index in [9.17, 15) is 0 Å². The fraction of sp³-hybridized carbons (Fsp3) is 0.118. The Labute approximate surface area is 402 Å². The molecule has 12 rings (SSSR count). The zero-order valence-corrected chi connectivity index (χ0v) is 39.5. The molecule has 0 heterocycles. The van der Waals surface area contributed by atoms with E-state index in [2.05, 4.69) is 271 Å². The number of aryl methyl sites for hydroxylation is 2. The van der Waals surface area contributed by atoms with Gasteiger partial charge in [-0.15, -0.1) is 0 Å². The molecule has 0 heteroatoms. The fourth-order valence-electron chi connectivity index (χ4n) is 11.9. The molecule has 2 aliphatic rings. The summed E-state index contributed by atoms with van der Waals surface area (Å²) in [6.07, 6.45) is 0. The average molecular weight is 871 g/mol. The first kappa shape index (κ1) is 41.6. The highest BCUT2D eigenvalue weighted by molar-refractivity contribution is 5.98. The minimum Gasteiger partial charge on any atom is -0.0622 e. The van der Waals surface area contributed by atoms with Gasteiger partial charge in [0.25, 0.3) is 0 Å². The highest BCUT2D eigenvalue weighted by Gasteiger charge is 2.49. The van der Waals surface area contributed by atoms with Crippen molar-refractivity contribution < 1.29 is 0 Å². The van der Waals surface area contributed by atoms with Crippen molar-refractivity contribution in [3.63, 3.8) is 0 Å². The van der Waals surface area contributed by atoms with Gasteiger partial charge >= 0.3 is 0 Å². The van der Waals surface area contributed by atoms with Crippen LogP contribution >= 0.6 is 0 Å². The topological polar surface area (TPSA) is 0 Å². The van der Waals surface area contributed by atoms with E-state index in [1.54, 1.807) is 0 Å². The molecular weight excluding hydrogens is 817 g/mol. The van der Waals surface area contributed by atoms with Crippen molar-refractivity contribution in [2.24, 2.45) is 0 Å². The van der Waals surface area contributed by atoms with Gasteiger partial charge in [-0.25, -0.2) is 0 Å². The van der Waals surface area contributed by atoms with Gasteiger partial charge < -0.3 is 0 Å². The molecule has 0 nitrogen and oxygen atoms in total. The van der Waals surface area contributed by atoms with E-state index in [1.807, 2.05) is 0 Å². The Kier molecular flexibility index (Phi) is 9.75. The first-order valence-electron chi connectivity index (χ1n) is 24.2. The van der Waals surface area contributed by atoms with Gasteiger partial charge in [-0.3, -0.25) is 0 Å². The number of fused-ring (bicyclic) bond motifs is 6. The molecule has 0 aromatic heterocycles. The molecule has 0 N–H and O–H groups in total. The lowest BCUT2D eigenvalue weighted by Crippen LogP contribution is -2.29. The normalized spacial score (nSPS) is 15.3. The third-order valence-electron chi connectivity index (χ3n) is 15.2. The Balaban J connectivity index is 1.16. The van der Waals surface area contributed by atoms with Gasteiger partial charge in [0, 0.05) is 0 Å². The van der Waals surface area contributed by atoms with Crippen LogP contribution in [0.1, 0.15) is 82.0 Å². The first-order chi connectivity index (χ1) is 33.2. The van der Waals surface area contributed by atoms with Gasteiger partial charge in [0.15, 0.2) is 0 Å². The lowest BCUT2D eigenvalue weighted by Gasteiger charge is -2.35. The van der Waals surface area contributed by atoms with Crippen LogP contribution in [0.5, 0.6) is 0 Å². The summed E-state index contributed by atoms with van der Waals surface area (Å²) in [5, 5.41) is 0. The Morgan fingerprint density at radius 1 is 0.279 bits per heavy atom. The van der Waals surface area contributed by atoms with Crippen molar-refractivity contribution in [3.8, 4) is 55.6 Å².